The van der Waals surface area contributed by atoms with Crippen molar-refractivity contribution in [1.82, 2.24) is 19.6 Å². The van der Waals surface area contributed by atoms with E-state index in [0.717, 1.165) is 30.1 Å². The monoisotopic (exact) mass is 274 g/mol. The fraction of sp³-hybridized carbons (Fsp3) is 0.643. The van der Waals surface area contributed by atoms with Crippen molar-refractivity contribution in [2.45, 2.75) is 45.1 Å². The Kier molecular flexibility index (Phi) is 3.33. The maximum absolute atomic E-state index is 6.06. The van der Waals surface area contributed by atoms with Gasteiger partial charge < -0.3 is 11.1 Å². The summed E-state index contributed by atoms with van der Waals surface area (Å²) in [7, 11) is 0. The van der Waals surface area contributed by atoms with Crippen LogP contribution < -0.4 is 11.1 Å². The lowest BCUT2D eigenvalue weighted by Crippen LogP contribution is -2.49. The number of rotatable bonds is 3. The van der Waals surface area contributed by atoms with Crippen molar-refractivity contribution in [3.8, 4) is 0 Å². The second-order valence-corrected chi connectivity index (χ2v) is 6.03. The molecule has 20 heavy (non-hydrogen) atoms. The number of hydrogen-bond donors (Lipinski definition) is 2. The summed E-state index contributed by atoms with van der Waals surface area (Å²) in [5, 5.41) is 11.9. The molecule has 0 amide bonds. The first-order chi connectivity index (χ1) is 9.63. The van der Waals surface area contributed by atoms with E-state index >= 15 is 0 Å². The number of anilines is 1. The topological polar surface area (TPSA) is 81.1 Å². The van der Waals surface area contributed by atoms with E-state index < -0.39 is 0 Å². The Labute approximate surface area is 118 Å². The molecule has 0 radical (unpaired) electrons. The Hall–Kier alpha value is -1.69. The van der Waals surface area contributed by atoms with Gasteiger partial charge in [-0.25, -0.2) is 4.98 Å². The summed E-state index contributed by atoms with van der Waals surface area (Å²) < 4.78 is 1.95. The minimum atomic E-state index is -0.0631. The van der Waals surface area contributed by atoms with Crippen LogP contribution in [0.15, 0.2) is 12.4 Å². The summed E-state index contributed by atoms with van der Waals surface area (Å²) in [5.41, 5.74) is 6.78. The Morgan fingerprint density at radius 3 is 3.10 bits per heavy atom. The quantitative estimate of drug-likeness (QED) is 0.891. The zero-order valence-corrected chi connectivity index (χ0v) is 12.1. The summed E-state index contributed by atoms with van der Waals surface area (Å²) >= 11 is 0. The van der Waals surface area contributed by atoms with Crippen LogP contribution in [0.3, 0.4) is 0 Å². The van der Waals surface area contributed by atoms with Crippen molar-refractivity contribution < 1.29 is 0 Å². The molecule has 6 nitrogen and oxygen atoms in total. The predicted octanol–water partition coefficient (Wildman–Crippen LogP) is 1.75. The number of aromatic nitrogens is 4. The highest BCUT2D eigenvalue weighted by Crippen LogP contribution is 2.34. The molecule has 2 heterocycles. The lowest BCUT2D eigenvalue weighted by atomic mass is 9.76. The highest BCUT2D eigenvalue weighted by molar-refractivity contribution is 5.63. The number of aryl methyl sites for hydroxylation is 1. The third kappa shape index (κ3) is 2.24. The van der Waals surface area contributed by atoms with E-state index in [0.29, 0.717) is 12.5 Å². The Bertz CT molecular complexity index is 607. The van der Waals surface area contributed by atoms with Crippen LogP contribution in [0, 0.1) is 12.8 Å². The standard InChI is InChI=1S/C14H22N6/c1-10-4-3-5-14(8-10,9-15)17-12-13-19-18-11(2)20(13)7-6-16-12/h6-7,10H,3-5,8-9,15H2,1-2H3,(H,16,17). The van der Waals surface area contributed by atoms with Gasteiger partial charge in [0.05, 0.1) is 5.54 Å². The van der Waals surface area contributed by atoms with Crippen molar-refractivity contribution in [3.05, 3.63) is 18.2 Å². The molecular formula is C14H22N6. The van der Waals surface area contributed by atoms with E-state index in [1.165, 1.54) is 12.8 Å². The zero-order valence-electron chi connectivity index (χ0n) is 12.1. The summed E-state index contributed by atoms with van der Waals surface area (Å²) in [6.07, 6.45) is 8.32. The van der Waals surface area contributed by atoms with Crippen LogP contribution in [-0.4, -0.2) is 31.7 Å². The van der Waals surface area contributed by atoms with Crippen molar-refractivity contribution in [1.29, 1.82) is 0 Å². The molecule has 1 saturated carbocycles. The minimum absolute atomic E-state index is 0.0631. The zero-order chi connectivity index (χ0) is 14.2. The molecule has 3 N–H and O–H groups in total. The maximum Gasteiger partial charge on any atom is 0.203 e. The highest BCUT2D eigenvalue weighted by atomic mass is 15.3. The fourth-order valence-corrected chi connectivity index (χ4v) is 3.29. The van der Waals surface area contributed by atoms with Crippen LogP contribution in [-0.2, 0) is 0 Å². The molecule has 108 valence electrons. The number of nitrogens with two attached hydrogens (primary N) is 1. The highest BCUT2D eigenvalue weighted by Gasteiger charge is 2.34. The maximum atomic E-state index is 6.06. The molecule has 1 fully saturated rings. The summed E-state index contributed by atoms with van der Waals surface area (Å²) in [6, 6.07) is 0. The first kappa shape index (κ1) is 13.3. The molecule has 2 aromatic heterocycles. The van der Waals surface area contributed by atoms with Gasteiger partial charge in [0.15, 0.2) is 5.82 Å². The molecule has 0 aromatic carbocycles. The molecule has 6 heteroatoms. The van der Waals surface area contributed by atoms with Crippen molar-refractivity contribution in [2.75, 3.05) is 11.9 Å². The Morgan fingerprint density at radius 1 is 1.50 bits per heavy atom. The SMILES string of the molecule is Cc1nnc2c(NC3(CN)CCCC(C)C3)nccn12. The van der Waals surface area contributed by atoms with Gasteiger partial charge in [-0.3, -0.25) is 4.40 Å². The second kappa shape index (κ2) is 5.01. The molecule has 3 rings (SSSR count). The number of fused-ring (bicyclic) bond motifs is 1. The van der Waals surface area contributed by atoms with Crippen LogP contribution in [0.4, 0.5) is 5.82 Å². The largest absolute Gasteiger partial charge is 0.360 e. The molecule has 2 unspecified atom stereocenters. The van der Waals surface area contributed by atoms with E-state index in [9.17, 15) is 0 Å². The van der Waals surface area contributed by atoms with Crippen molar-refractivity contribution in [3.63, 3.8) is 0 Å². The minimum Gasteiger partial charge on any atom is -0.360 e. The van der Waals surface area contributed by atoms with Gasteiger partial charge in [-0.15, -0.1) is 10.2 Å². The van der Waals surface area contributed by atoms with Gasteiger partial charge in [0.1, 0.15) is 5.82 Å². The summed E-state index contributed by atoms with van der Waals surface area (Å²) in [4.78, 5) is 4.44. The van der Waals surface area contributed by atoms with Gasteiger partial charge in [-0.1, -0.05) is 19.8 Å². The summed E-state index contributed by atoms with van der Waals surface area (Å²) in [6.45, 7) is 4.85. The molecule has 1 aliphatic rings. The van der Waals surface area contributed by atoms with Crippen LogP contribution in [0.5, 0.6) is 0 Å². The molecule has 0 aliphatic heterocycles. The first-order valence-corrected chi connectivity index (χ1v) is 7.28. The van der Waals surface area contributed by atoms with Gasteiger partial charge in [-0.05, 0) is 25.7 Å². The average molecular weight is 274 g/mol. The average Bonchev–Trinajstić information content (AvgIpc) is 2.82. The van der Waals surface area contributed by atoms with E-state index in [-0.39, 0.29) is 5.54 Å². The number of nitrogens with one attached hydrogen (secondary N) is 1. The number of hydrogen-bond acceptors (Lipinski definition) is 5. The van der Waals surface area contributed by atoms with Crippen LogP contribution >= 0.6 is 0 Å². The molecular weight excluding hydrogens is 252 g/mol. The van der Waals surface area contributed by atoms with Gasteiger partial charge in [0, 0.05) is 18.9 Å². The molecule has 0 saturated heterocycles. The third-order valence-electron chi connectivity index (χ3n) is 4.36. The normalized spacial score (nSPS) is 26.9. The Balaban J connectivity index is 1.95. The molecule has 2 atom stereocenters. The van der Waals surface area contributed by atoms with Crippen molar-refractivity contribution >= 4 is 11.5 Å². The molecule has 2 aromatic rings. The van der Waals surface area contributed by atoms with Gasteiger partial charge in [-0.2, -0.15) is 0 Å². The van der Waals surface area contributed by atoms with Gasteiger partial charge in [0.2, 0.25) is 5.65 Å². The first-order valence-electron chi connectivity index (χ1n) is 7.28. The lowest BCUT2D eigenvalue weighted by Gasteiger charge is -2.40. The van der Waals surface area contributed by atoms with Gasteiger partial charge in [0.25, 0.3) is 0 Å². The predicted molar refractivity (Wildman–Crippen MR) is 78.6 cm³/mol. The molecule has 0 bridgehead atoms. The van der Waals surface area contributed by atoms with E-state index in [2.05, 4.69) is 27.4 Å². The number of nitrogens with zero attached hydrogens (tertiary/aromatic N) is 4. The third-order valence-corrected chi connectivity index (χ3v) is 4.36. The lowest BCUT2D eigenvalue weighted by molar-refractivity contribution is 0.263. The van der Waals surface area contributed by atoms with Crippen LogP contribution in [0.2, 0.25) is 0 Å². The van der Waals surface area contributed by atoms with E-state index in [1.807, 2.05) is 17.5 Å². The molecule has 0 spiro atoms. The van der Waals surface area contributed by atoms with E-state index in [4.69, 9.17) is 5.73 Å². The molecule has 1 aliphatic carbocycles. The Morgan fingerprint density at radius 2 is 2.35 bits per heavy atom. The smallest absolute Gasteiger partial charge is 0.203 e. The van der Waals surface area contributed by atoms with Crippen LogP contribution in [0.25, 0.3) is 5.65 Å². The fourth-order valence-electron chi connectivity index (χ4n) is 3.29. The van der Waals surface area contributed by atoms with E-state index in [1.54, 1.807) is 6.20 Å². The van der Waals surface area contributed by atoms with Crippen LogP contribution in [0.1, 0.15) is 38.4 Å². The second-order valence-electron chi connectivity index (χ2n) is 6.03. The van der Waals surface area contributed by atoms with Gasteiger partial charge >= 0.3 is 0 Å². The summed E-state index contributed by atoms with van der Waals surface area (Å²) in [5.74, 6) is 2.34. The van der Waals surface area contributed by atoms with Crippen molar-refractivity contribution in [2.24, 2.45) is 11.7 Å².